The maximum atomic E-state index is 13.4. The van der Waals surface area contributed by atoms with Gasteiger partial charge in [0.2, 0.25) is 0 Å². The second-order valence-electron chi connectivity index (χ2n) is 6.86. The highest BCUT2D eigenvalue weighted by atomic mass is 19.1. The van der Waals surface area contributed by atoms with Gasteiger partial charge in [-0.2, -0.15) is 0 Å². The molecule has 0 fully saturated rings. The lowest BCUT2D eigenvalue weighted by molar-refractivity contribution is 0.627. The fraction of sp³-hybridized carbons (Fsp3) is 0.455. The van der Waals surface area contributed by atoms with Crippen molar-refractivity contribution in [3.63, 3.8) is 0 Å². The van der Waals surface area contributed by atoms with Crippen LogP contribution in [0.4, 0.5) is 4.39 Å². The van der Waals surface area contributed by atoms with E-state index in [2.05, 4.69) is 55.0 Å². The summed E-state index contributed by atoms with van der Waals surface area (Å²) in [7, 11) is 0. The Morgan fingerprint density at radius 2 is 1.52 bits per heavy atom. The zero-order valence-electron chi connectivity index (χ0n) is 15.8. The van der Waals surface area contributed by atoms with Gasteiger partial charge in [-0.15, -0.1) is 0 Å². The van der Waals surface area contributed by atoms with Crippen molar-refractivity contribution in [2.75, 3.05) is 0 Å². The van der Waals surface area contributed by atoms with Crippen LogP contribution in [0.1, 0.15) is 60.5 Å². The summed E-state index contributed by atoms with van der Waals surface area (Å²) in [6, 6.07) is 6.84. The molecular weight excluding hydrogens is 283 g/mol. The number of benzene rings is 1. The van der Waals surface area contributed by atoms with Crippen molar-refractivity contribution in [1.29, 1.82) is 0 Å². The van der Waals surface area contributed by atoms with Gasteiger partial charge in [0.15, 0.2) is 0 Å². The van der Waals surface area contributed by atoms with Crippen LogP contribution in [0, 0.1) is 17.7 Å². The highest BCUT2D eigenvalue weighted by molar-refractivity contribution is 5.84. The van der Waals surface area contributed by atoms with E-state index in [0.717, 1.165) is 12.0 Å². The van der Waals surface area contributed by atoms with Gasteiger partial charge in [-0.25, -0.2) is 4.39 Å². The summed E-state index contributed by atoms with van der Waals surface area (Å²) in [6.07, 6.45) is 0.923. The summed E-state index contributed by atoms with van der Waals surface area (Å²) in [5, 5.41) is 0. The third-order valence-electron chi connectivity index (χ3n) is 4.71. The molecule has 0 aliphatic rings. The highest BCUT2D eigenvalue weighted by Gasteiger charge is 2.17. The molecule has 0 radical (unpaired) electrons. The number of rotatable bonds is 6. The molecule has 0 amide bonds. The first kappa shape index (κ1) is 19.4. The van der Waals surface area contributed by atoms with Crippen LogP contribution in [-0.4, -0.2) is 0 Å². The quantitative estimate of drug-likeness (QED) is 0.487. The van der Waals surface area contributed by atoms with Crippen LogP contribution in [0.25, 0.3) is 5.57 Å². The van der Waals surface area contributed by atoms with Crippen molar-refractivity contribution in [3.8, 4) is 0 Å². The molecule has 1 rings (SSSR count). The molecule has 1 heteroatoms. The third-order valence-corrected chi connectivity index (χ3v) is 4.71. The molecule has 0 atom stereocenters. The smallest absolute Gasteiger partial charge is 0.123 e. The van der Waals surface area contributed by atoms with Gasteiger partial charge in [-0.05, 0) is 72.1 Å². The van der Waals surface area contributed by atoms with E-state index in [-0.39, 0.29) is 5.82 Å². The number of hydrogen-bond acceptors (Lipinski definition) is 0. The predicted octanol–water partition coefficient (Wildman–Crippen LogP) is 7.19. The molecule has 0 saturated carbocycles. The van der Waals surface area contributed by atoms with E-state index >= 15 is 0 Å². The van der Waals surface area contributed by atoms with Crippen molar-refractivity contribution < 1.29 is 4.39 Å². The van der Waals surface area contributed by atoms with Crippen LogP contribution >= 0.6 is 0 Å². The van der Waals surface area contributed by atoms with Crippen LogP contribution in [0.15, 0.2) is 53.1 Å². The second-order valence-corrected chi connectivity index (χ2v) is 6.86. The fourth-order valence-corrected chi connectivity index (χ4v) is 2.78. The highest BCUT2D eigenvalue weighted by Crippen LogP contribution is 2.36. The molecule has 1 aromatic carbocycles. The van der Waals surface area contributed by atoms with E-state index in [4.69, 9.17) is 0 Å². The minimum absolute atomic E-state index is 0.198. The first-order valence-electron chi connectivity index (χ1n) is 8.56. The normalized spacial score (nSPS) is 14.0. The third kappa shape index (κ3) is 4.67. The van der Waals surface area contributed by atoms with Crippen LogP contribution in [0.2, 0.25) is 0 Å². The Kier molecular flexibility index (Phi) is 7.00. The van der Waals surface area contributed by atoms with Gasteiger partial charge in [-0.3, -0.25) is 0 Å². The van der Waals surface area contributed by atoms with Crippen molar-refractivity contribution >= 4 is 5.57 Å². The monoisotopic (exact) mass is 314 g/mol. The minimum atomic E-state index is -0.198. The molecule has 0 aliphatic carbocycles. The molecule has 0 nitrogen and oxygen atoms in total. The molecule has 0 N–H and O–H groups in total. The summed E-state index contributed by atoms with van der Waals surface area (Å²) in [5.41, 5.74) is 7.39. The summed E-state index contributed by atoms with van der Waals surface area (Å²) >= 11 is 0. The maximum absolute atomic E-state index is 13.4. The fourth-order valence-electron chi connectivity index (χ4n) is 2.78. The molecule has 23 heavy (non-hydrogen) atoms. The first-order chi connectivity index (χ1) is 10.7. The summed E-state index contributed by atoms with van der Waals surface area (Å²) in [4.78, 5) is 0. The zero-order valence-corrected chi connectivity index (χ0v) is 15.8. The Balaban J connectivity index is 3.70. The van der Waals surface area contributed by atoms with Gasteiger partial charge in [-0.1, -0.05) is 58.9 Å². The summed E-state index contributed by atoms with van der Waals surface area (Å²) < 4.78 is 13.4. The lowest BCUT2D eigenvalue weighted by atomic mass is 9.82. The van der Waals surface area contributed by atoms with E-state index in [1.165, 1.54) is 27.9 Å². The van der Waals surface area contributed by atoms with Gasteiger partial charge in [0, 0.05) is 0 Å². The SMILES string of the molecule is C=C(/C(CC)=C(\C(C)=C(/C)C(C)C)c1ccc(F)cc1)C(C)C. The molecule has 0 aliphatic heterocycles. The molecule has 0 aromatic heterocycles. The molecule has 0 heterocycles. The zero-order chi connectivity index (χ0) is 17.7. The van der Waals surface area contributed by atoms with E-state index in [9.17, 15) is 4.39 Å². The van der Waals surface area contributed by atoms with Crippen molar-refractivity contribution in [3.05, 3.63) is 64.5 Å². The van der Waals surface area contributed by atoms with E-state index in [0.29, 0.717) is 11.8 Å². The minimum Gasteiger partial charge on any atom is -0.207 e. The average molecular weight is 314 g/mol. The van der Waals surface area contributed by atoms with Crippen LogP contribution in [-0.2, 0) is 0 Å². The standard InChI is InChI=1S/C22H31F/c1-9-21(17(7)15(4)5)22(18(8)16(6)14(2)3)19-10-12-20(23)13-11-19/h10-15H,7,9H2,1-6,8H3/b18-16+,22-21+. The molecule has 1 aromatic rings. The van der Waals surface area contributed by atoms with E-state index in [1.54, 1.807) is 12.1 Å². The van der Waals surface area contributed by atoms with Crippen molar-refractivity contribution in [1.82, 2.24) is 0 Å². The lowest BCUT2D eigenvalue weighted by Crippen LogP contribution is -2.04. The number of halogens is 1. The van der Waals surface area contributed by atoms with E-state index < -0.39 is 0 Å². The van der Waals surface area contributed by atoms with Crippen molar-refractivity contribution in [2.45, 2.75) is 54.9 Å². The largest absolute Gasteiger partial charge is 0.207 e. The van der Waals surface area contributed by atoms with Crippen LogP contribution in [0.3, 0.4) is 0 Å². The van der Waals surface area contributed by atoms with Gasteiger partial charge in [0.05, 0.1) is 0 Å². The molecule has 126 valence electrons. The van der Waals surface area contributed by atoms with Gasteiger partial charge in [0.25, 0.3) is 0 Å². The van der Waals surface area contributed by atoms with E-state index in [1.807, 2.05) is 12.1 Å². The van der Waals surface area contributed by atoms with Crippen LogP contribution < -0.4 is 0 Å². The van der Waals surface area contributed by atoms with Gasteiger partial charge < -0.3 is 0 Å². The predicted molar refractivity (Wildman–Crippen MR) is 101 cm³/mol. The van der Waals surface area contributed by atoms with Crippen molar-refractivity contribution in [2.24, 2.45) is 11.8 Å². The Hall–Kier alpha value is -1.63. The van der Waals surface area contributed by atoms with Gasteiger partial charge >= 0.3 is 0 Å². The maximum Gasteiger partial charge on any atom is 0.123 e. The Morgan fingerprint density at radius 1 is 1.00 bits per heavy atom. The summed E-state index contributed by atoms with van der Waals surface area (Å²) in [6.45, 7) is 19.6. The Labute approximate surface area is 141 Å². The van der Waals surface area contributed by atoms with Crippen LogP contribution in [0.5, 0.6) is 0 Å². The Morgan fingerprint density at radius 3 is 1.91 bits per heavy atom. The molecule has 0 unspecified atom stereocenters. The molecule has 0 spiro atoms. The lowest BCUT2D eigenvalue weighted by Gasteiger charge is -2.22. The topological polar surface area (TPSA) is 0 Å². The molecule has 0 saturated heterocycles. The number of hydrogen-bond donors (Lipinski definition) is 0. The molecule has 0 bridgehead atoms. The average Bonchev–Trinajstić information content (AvgIpc) is 2.51. The van der Waals surface area contributed by atoms with Gasteiger partial charge in [0.1, 0.15) is 5.82 Å². The summed E-state index contributed by atoms with van der Waals surface area (Å²) in [5.74, 6) is 0.680. The first-order valence-corrected chi connectivity index (χ1v) is 8.56. The molecular formula is C22H31F. The number of allylic oxidation sites excluding steroid dienone is 5. The second kappa shape index (κ2) is 8.29. The Bertz CT molecular complexity index is 610.